The van der Waals surface area contributed by atoms with Crippen molar-refractivity contribution in [2.24, 2.45) is 5.16 Å². The van der Waals surface area contributed by atoms with Crippen molar-refractivity contribution in [1.82, 2.24) is 5.32 Å². The van der Waals surface area contributed by atoms with Crippen molar-refractivity contribution < 1.29 is 27.9 Å². The molecule has 0 saturated heterocycles. The van der Waals surface area contributed by atoms with Crippen molar-refractivity contribution in [3.8, 4) is 11.5 Å². The van der Waals surface area contributed by atoms with Gasteiger partial charge in [0.15, 0.2) is 18.1 Å². The Hall–Kier alpha value is -2.38. The van der Waals surface area contributed by atoms with Gasteiger partial charge in [0, 0.05) is 11.6 Å². The quantitative estimate of drug-likeness (QED) is 0.588. The molecule has 2 rings (SSSR count). The van der Waals surface area contributed by atoms with E-state index in [2.05, 4.69) is 15.2 Å². The van der Waals surface area contributed by atoms with Crippen LogP contribution in [0.15, 0.2) is 23.4 Å². The molecule has 0 aliphatic heterocycles. The lowest BCUT2D eigenvalue weighted by atomic mass is 10.2. The molecule has 0 spiro atoms. The van der Waals surface area contributed by atoms with Crippen LogP contribution in [-0.2, 0) is 9.63 Å². The fourth-order valence-electron chi connectivity index (χ4n) is 1.65. The Morgan fingerprint density at radius 3 is 2.86 bits per heavy atom. The van der Waals surface area contributed by atoms with E-state index in [4.69, 9.17) is 9.57 Å². The highest BCUT2D eigenvalue weighted by molar-refractivity contribution is 5.81. The standard InChI is InChI=1S/C14H16F2N2O4/c1-20-12-6-9(2-5-11(12)22-14(15)16)7-17-21-8-13(19)18-10-3-4-10/h2,5-7,10,14H,3-4,8H2,1H3,(H,18,19)/b17-7+. The fourth-order valence-corrected chi connectivity index (χ4v) is 1.65. The van der Waals surface area contributed by atoms with Gasteiger partial charge in [0.1, 0.15) is 0 Å². The average molecular weight is 314 g/mol. The Bertz CT molecular complexity index is 548. The molecule has 0 atom stereocenters. The minimum Gasteiger partial charge on any atom is -0.493 e. The molecule has 1 fully saturated rings. The first-order valence-electron chi connectivity index (χ1n) is 6.66. The maximum absolute atomic E-state index is 12.2. The van der Waals surface area contributed by atoms with Crippen molar-refractivity contribution in [1.29, 1.82) is 0 Å². The number of carbonyl (C=O) groups excluding carboxylic acids is 1. The number of hydrogen-bond acceptors (Lipinski definition) is 5. The number of carbonyl (C=O) groups is 1. The van der Waals surface area contributed by atoms with Crippen LogP contribution < -0.4 is 14.8 Å². The third-order valence-electron chi connectivity index (χ3n) is 2.82. The lowest BCUT2D eigenvalue weighted by Gasteiger charge is -2.09. The van der Waals surface area contributed by atoms with Crippen LogP contribution in [0.3, 0.4) is 0 Å². The number of nitrogens with one attached hydrogen (secondary N) is 1. The first kappa shape index (κ1) is 16.0. The number of nitrogens with zero attached hydrogens (tertiary/aromatic N) is 1. The van der Waals surface area contributed by atoms with Crippen molar-refractivity contribution in [3.63, 3.8) is 0 Å². The zero-order valence-corrected chi connectivity index (χ0v) is 11.9. The highest BCUT2D eigenvalue weighted by Gasteiger charge is 2.23. The van der Waals surface area contributed by atoms with Gasteiger partial charge in [0.05, 0.1) is 13.3 Å². The number of halogens is 2. The van der Waals surface area contributed by atoms with Gasteiger partial charge in [-0.15, -0.1) is 0 Å². The number of alkyl halides is 2. The lowest BCUT2D eigenvalue weighted by Crippen LogP contribution is -2.28. The minimum absolute atomic E-state index is 0.0700. The van der Waals surface area contributed by atoms with Gasteiger partial charge in [-0.2, -0.15) is 8.78 Å². The molecule has 8 heteroatoms. The molecule has 0 unspecified atom stereocenters. The molecule has 1 N–H and O–H groups in total. The molecule has 1 aromatic carbocycles. The Kier molecular flexibility index (Phi) is 5.51. The largest absolute Gasteiger partial charge is 0.493 e. The van der Waals surface area contributed by atoms with E-state index < -0.39 is 6.61 Å². The fraction of sp³-hybridized carbons (Fsp3) is 0.429. The van der Waals surface area contributed by atoms with Gasteiger partial charge in [0.25, 0.3) is 5.91 Å². The first-order chi connectivity index (χ1) is 10.6. The molecule has 120 valence electrons. The topological polar surface area (TPSA) is 69.2 Å². The lowest BCUT2D eigenvalue weighted by molar-refractivity contribution is -0.125. The number of oxime groups is 1. The van der Waals surface area contributed by atoms with E-state index in [0.717, 1.165) is 12.8 Å². The molecule has 1 aliphatic carbocycles. The summed E-state index contributed by atoms with van der Waals surface area (Å²) in [5.41, 5.74) is 0.557. The van der Waals surface area contributed by atoms with Crippen LogP contribution in [0.1, 0.15) is 18.4 Å². The molecule has 1 aromatic rings. The molecule has 6 nitrogen and oxygen atoms in total. The highest BCUT2D eigenvalue weighted by atomic mass is 19.3. The Labute approximate surface area is 126 Å². The summed E-state index contributed by atoms with van der Waals surface area (Å²) in [4.78, 5) is 16.2. The van der Waals surface area contributed by atoms with E-state index in [1.165, 1.54) is 31.5 Å². The second-order valence-electron chi connectivity index (χ2n) is 4.64. The first-order valence-corrected chi connectivity index (χ1v) is 6.66. The number of benzene rings is 1. The molecular weight excluding hydrogens is 298 g/mol. The zero-order chi connectivity index (χ0) is 15.9. The van der Waals surface area contributed by atoms with Gasteiger partial charge in [-0.3, -0.25) is 4.79 Å². The molecular formula is C14H16F2N2O4. The van der Waals surface area contributed by atoms with Crippen LogP contribution in [0.25, 0.3) is 0 Å². The summed E-state index contributed by atoms with van der Waals surface area (Å²) < 4.78 is 33.6. The summed E-state index contributed by atoms with van der Waals surface area (Å²) in [6, 6.07) is 4.59. The van der Waals surface area contributed by atoms with Gasteiger partial charge in [-0.05, 0) is 31.0 Å². The van der Waals surface area contributed by atoms with E-state index in [1.807, 2.05) is 0 Å². The number of methoxy groups -OCH3 is 1. The summed E-state index contributed by atoms with van der Waals surface area (Å²) in [6.45, 7) is -3.10. The summed E-state index contributed by atoms with van der Waals surface area (Å²) in [6.07, 6.45) is 3.35. The van der Waals surface area contributed by atoms with Crippen molar-refractivity contribution in [3.05, 3.63) is 23.8 Å². The van der Waals surface area contributed by atoms with Gasteiger partial charge in [-0.25, -0.2) is 0 Å². The molecule has 1 saturated carbocycles. The second kappa shape index (κ2) is 7.58. The molecule has 0 heterocycles. The molecule has 1 amide bonds. The number of hydrogen-bond donors (Lipinski definition) is 1. The number of ether oxygens (including phenoxy) is 2. The van der Waals surface area contributed by atoms with Gasteiger partial charge in [-0.1, -0.05) is 5.16 Å². The Morgan fingerprint density at radius 1 is 1.45 bits per heavy atom. The maximum Gasteiger partial charge on any atom is 0.387 e. The second-order valence-corrected chi connectivity index (χ2v) is 4.64. The Morgan fingerprint density at radius 2 is 2.23 bits per heavy atom. The predicted molar refractivity (Wildman–Crippen MR) is 74.3 cm³/mol. The Balaban J connectivity index is 1.85. The van der Waals surface area contributed by atoms with E-state index in [-0.39, 0.29) is 30.1 Å². The average Bonchev–Trinajstić information content (AvgIpc) is 3.28. The monoisotopic (exact) mass is 314 g/mol. The zero-order valence-electron chi connectivity index (χ0n) is 11.9. The van der Waals surface area contributed by atoms with Crippen molar-refractivity contribution >= 4 is 12.1 Å². The molecule has 0 bridgehead atoms. The number of rotatable bonds is 8. The van der Waals surface area contributed by atoms with E-state index >= 15 is 0 Å². The summed E-state index contributed by atoms with van der Waals surface area (Å²) >= 11 is 0. The third-order valence-corrected chi connectivity index (χ3v) is 2.82. The van der Waals surface area contributed by atoms with Crippen molar-refractivity contribution in [2.75, 3.05) is 13.7 Å². The van der Waals surface area contributed by atoms with Crippen LogP contribution in [0.4, 0.5) is 8.78 Å². The third kappa shape index (κ3) is 5.19. The van der Waals surface area contributed by atoms with Crippen molar-refractivity contribution in [2.45, 2.75) is 25.5 Å². The van der Waals surface area contributed by atoms with E-state index in [1.54, 1.807) is 0 Å². The molecule has 22 heavy (non-hydrogen) atoms. The van der Waals surface area contributed by atoms with Crippen LogP contribution in [0.2, 0.25) is 0 Å². The van der Waals surface area contributed by atoms with Crippen LogP contribution in [0.5, 0.6) is 11.5 Å². The van der Waals surface area contributed by atoms with Gasteiger partial charge in [0.2, 0.25) is 0 Å². The predicted octanol–water partition coefficient (Wildman–Crippen LogP) is 1.93. The van der Waals surface area contributed by atoms with Crippen LogP contribution in [-0.4, -0.2) is 38.5 Å². The van der Waals surface area contributed by atoms with Gasteiger partial charge >= 0.3 is 6.61 Å². The molecule has 0 radical (unpaired) electrons. The van der Waals surface area contributed by atoms with E-state index in [0.29, 0.717) is 5.56 Å². The smallest absolute Gasteiger partial charge is 0.387 e. The maximum atomic E-state index is 12.2. The van der Waals surface area contributed by atoms with Crippen LogP contribution in [0, 0.1) is 0 Å². The van der Waals surface area contributed by atoms with E-state index in [9.17, 15) is 13.6 Å². The summed E-state index contributed by atoms with van der Waals surface area (Å²) in [7, 11) is 1.34. The molecule has 1 aliphatic rings. The normalized spacial score (nSPS) is 14.2. The highest BCUT2D eigenvalue weighted by Crippen LogP contribution is 2.28. The number of amides is 1. The van der Waals surface area contributed by atoms with Crippen LogP contribution >= 0.6 is 0 Å². The van der Waals surface area contributed by atoms with Gasteiger partial charge < -0.3 is 19.6 Å². The minimum atomic E-state index is -2.93. The summed E-state index contributed by atoms with van der Waals surface area (Å²) in [5, 5.41) is 6.40. The SMILES string of the molecule is COc1cc(/C=N/OCC(=O)NC2CC2)ccc1OC(F)F. The molecule has 0 aromatic heterocycles. The summed E-state index contributed by atoms with van der Waals surface area (Å²) in [5.74, 6) is -0.145.